The van der Waals surface area contributed by atoms with Crippen molar-refractivity contribution in [2.24, 2.45) is 0 Å². The molecular weight excluding hydrogens is 520 g/mol. The zero-order valence-electron chi connectivity index (χ0n) is 19.8. The molecule has 1 aliphatic rings. The third-order valence-corrected chi connectivity index (χ3v) is 5.30. The first-order chi connectivity index (χ1) is 18.6. The molecule has 0 bridgehead atoms. The summed E-state index contributed by atoms with van der Waals surface area (Å²) in [6, 6.07) is 1.09. The molecule has 39 heavy (non-hydrogen) atoms. The number of imidazole rings is 2. The predicted octanol–water partition coefficient (Wildman–Crippen LogP) is -3.82. The number of nitrogens with two attached hydrogens (primary N) is 4. The fourth-order valence-electron chi connectivity index (χ4n) is 3.48. The van der Waals surface area contributed by atoms with Gasteiger partial charge in [0.1, 0.15) is 29.3 Å². The summed E-state index contributed by atoms with van der Waals surface area (Å²) in [4.78, 5) is 52.8. The van der Waals surface area contributed by atoms with E-state index in [1.54, 1.807) is 0 Å². The molecule has 0 amide bonds. The van der Waals surface area contributed by atoms with Crippen LogP contribution in [0.3, 0.4) is 0 Å². The average Bonchev–Trinajstić information content (AvgIpc) is 3.61. The minimum Gasteiger partial charge on any atom is -0.394 e. The molecule has 14 N–H and O–H groups in total. The molecule has 20 nitrogen and oxygen atoms in total. The lowest BCUT2D eigenvalue weighted by Gasteiger charge is -2.16. The average molecular weight is 544 g/mol. The number of aromatic nitrogens is 10. The number of ether oxygens (including phenoxy) is 1. The zero-order valence-corrected chi connectivity index (χ0v) is 19.8. The Morgan fingerprint density at radius 1 is 0.872 bits per heavy atom. The third-order valence-electron chi connectivity index (χ3n) is 5.30. The van der Waals surface area contributed by atoms with Crippen molar-refractivity contribution in [3.63, 3.8) is 0 Å². The van der Waals surface area contributed by atoms with Crippen LogP contribution in [-0.2, 0) is 4.74 Å². The number of hydrogen-bond donors (Lipinski definition) is 10. The summed E-state index contributed by atoms with van der Waals surface area (Å²) in [5.41, 5.74) is 22.6. The van der Waals surface area contributed by atoms with E-state index in [0.717, 1.165) is 16.8 Å². The number of rotatable bonds is 2. The zero-order chi connectivity index (χ0) is 28.3. The lowest BCUT2D eigenvalue weighted by atomic mass is 10.1. The molecule has 4 atom stereocenters. The van der Waals surface area contributed by atoms with Gasteiger partial charge in [-0.2, -0.15) is 19.9 Å². The van der Waals surface area contributed by atoms with Crippen molar-refractivity contribution in [3.8, 4) is 0 Å². The number of nitrogens with one attached hydrogen (secondary N) is 3. The Labute approximate surface area is 215 Å². The summed E-state index contributed by atoms with van der Waals surface area (Å²) in [6.45, 7) is -0.479. The number of hydrogen-bond acceptors (Lipinski definition) is 16. The van der Waals surface area contributed by atoms with Gasteiger partial charge < -0.3 is 53.0 Å². The topological polar surface area (TPSA) is 338 Å². The van der Waals surface area contributed by atoms with E-state index < -0.39 is 42.4 Å². The van der Waals surface area contributed by atoms with Crippen molar-refractivity contribution in [2.45, 2.75) is 24.5 Å². The van der Waals surface area contributed by atoms with Crippen LogP contribution in [0.5, 0.6) is 0 Å². The molecule has 5 aromatic heterocycles. The van der Waals surface area contributed by atoms with Crippen LogP contribution in [0.25, 0.3) is 22.3 Å². The van der Waals surface area contributed by atoms with Crippen LogP contribution < -0.4 is 34.2 Å². The van der Waals surface area contributed by atoms with E-state index in [4.69, 9.17) is 32.8 Å². The molecular formula is C19H24N14O6. The van der Waals surface area contributed by atoms with Gasteiger partial charge in [-0.3, -0.25) is 14.3 Å². The molecule has 5 aromatic rings. The summed E-state index contributed by atoms with van der Waals surface area (Å²) in [5, 5.41) is 28.1. The highest BCUT2D eigenvalue weighted by Crippen LogP contribution is 2.27. The number of nitrogens with zero attached hydrogens (tertiary/aromatic N) is 7. The molecule has 1 fully saturated rings. The molecule has 1 aliphatic heterocycles. The fourth-order valence-corrected chi connectivity index (χ4v) is 3.48. The number of nitrogen functional groups attached to an aromatic ring is 4. The Morgan fingerprint density at radius 3 is 1.87 bits per heavy atom. The largest absolute Gasteiger partial charge is 0.394 e. The van der Waals surface area contributed by atoms with Crippen molar-refractivity contribution in [1.82, 2.24) is 49.4 Å². The van der Waals surface area contributed by atoms with Crippen LogP contribution >= 0.6 is 0 Å². The first-order valence-corrected chi connectivity index (χ1v) is 11.0. The molecule has 0 aromatic carbocycles. The van der Waals surface area contributed by atoms with Crippen LogP contribution in [0.4, 0.5) is 23.5 Å². The van der Waals surface area contributed by atoms with Gasteiger partial charge in [0.25, 0.3) is 5.56 Å². The summed E-state index contributed by atoms with van der Waals surface area (Å²) in [5.74, 6) is 0.930. The van der Waals surface area contributed by atoms with Crippen molar-refractivity contribution >= 4 is 45.9 Å². The van der Waals surface area contributed by atoms with E-state index in [2.05, 4.69) is 39.9 Å². The number of aliphatic hydroxyl groups excluding tert-OH is 3. The summed E-state index contributed by atoms with van der Waals surface area (Å²) in [7, 11) is 0. The second-order valence-corrected chi connectivity index (χ2v) is 7.88. The first kappa shape index (κ1) is 26.9. The molecule has 6 rings (SSSR count). The normalized spacial score (nSPS) is 20.3. The second-order valence-electron chi connectivity index (χ2n) is 7.88. The van der Waals surface area contributed by atoms with E-state index in [0.29, 0.717) is 34.0 Å². The molecule has 0 saturated carbocycles. The van der Waals surface area contributed by atoms with Crippen molar-refractivity contribution in [1.29, 1.82) is 0 Å². The second kappa shape index (κ2) is 11.1. The van der Waals surface area contributed by atoms with Gasteiger partial charge in [0, 0.05) is 12.3 Å². The van der Waals surface area contributed by atoms with Crippen LogP contribution in [0.1, 0.15) is 6.23 Å². The van der Waals surface area contributed by atoms with Gasteiger partial charge in [-0.1, -0.05) is 0 Å². The molecule has 0 unspecified atom stereocenters. The minimum atomic E-state index is -1.35. The number of aliphatic hydroxyl groups is 3. The van der Waals surface area contributed by atoms with E-state index in [9.17, 15) is 19.8 Å². The lowest BCUT2D eigenvalue weighted by molar-refractivity contribution is -0.0550. The van der Waals surface area contributed by atoms with E-state index in [-0.39, 0.29) is 11.9 Å². The maximum atomic E-state index is 11.4. The van der Waals surface area contributed by atoms with Gasteiger partial charge in [-0.15, -0.1) is 0 Å². The Bertz CT molecular complexity index is 1620. The molecule has 0 aliphatic carbocycles. The van der Waals surface area contributed by atoms with Crippen molar-refractivity contribution in [2.75, 3.05) is 29.5 Å². The standard InChI is InChI=1S/C9H12N2O6.2C5H6N6/c12-3-4-6(14)7(15)8(17-4)11-2-1-5(13)10-9(11)16;2*6-3-2-4(9-1-8-2)11-5(7)10-3/h1-2,4,6-8,12,14-15H,3H2,(H,10,13,16);2*1H,(H5,6,7,8,9,10,11)/t4-,6-,7-,8-;;/m1../s1. The monoisotopic (exact) mass is 544 g/mol. The van der Waals surface area contributed by atoms with Gasteiger partial charge in [-0.25, -0.2) is 14.8 Å². The van der Waals surface area contributed by atoms with E-state index >= 15 is 0 Å². The van der Waals surface area contributed by atoms with Crippen LogP contribution in [0.15, 0.2) is 34.5 Å². The minimum absolute atomic E-state index is 0.141. The first-order valence-electron chi connectivity index (χ1n) is 11.0. The highest BCUT2D eigenvalue weighted by Gasteiger charge is 2.43. The maximum absolute atomic E-state index is 11.4. The lowest BCUT2D eigenvalue weighted by Crippen LogP contribution is -2.37. The highest BCUT2D eigenvalue weighted by molar-refractivity contribution is 5.82. The van der Waals surface area contributed by atoms with Gasteiger partial charge in [0.15, 0.2) is 29.2 Å². The summed E-state index contributed by atoms with van der Waals surface area (Å²) < 4.78 is 6.08. The summed E-state index contributed by atoms with van der Waals surface area (Å²) in [6.07, 6.45) is -0.592. The fraction of sp³-hybridized carbons (Fsp3) is 0.263. The summed E-state index contributed by atoms with van der Waals surface area (Å²) >= 11 is 0. The Morgan fingerprint density at radius 2 is 1.41 bits per heavy atom. The predicted molar refractivity (Wildman–Crippen MR) is 135 cm³/mol. The Kier molecular flexibility index (Phi) is 7.62. The smallest absolute Gasteiger partial charge is 0.330 e. The number of aromatic amines is 3. The quantitative estimate of drug-likeness (QED) is 0.102. The SMILES string of the molecule is Nc1nc(N)c2[nH]cnc2n1.Nc1nc(N)c2[nH]cnc2n1.O=c1ccn([C@@H]2O[C@H](CO)[C@@H](O)[C@H]2O)c(=O)[nH]1. The van der Waals surface area contributed by atoms with Crippen LogP contribution in [0.2, 0.25) is 0 Å². The van der Waals surface area contributed by atoms with Gasteiger partial charge >= 0.3 is 5.69 Å². The van der Waals surface area contributed by atoms with E-state index in [1.165, 1.54) is 12.7 Å². The van der Waals surface area contributed by atoms with Crippen LogP contribution in [0, 0.1) is 0 Å². The van der Waals surface area contributed by atoms with Gasteiger partial charge in [-0.05, 0) is 0 Å². The Hall–Kier alpha value is -5.18. The van der Waals surface area contributed by atoms with Crippen LogP contribution in [-0.4, -0.2) is 89.7 Å². The molecule has 1 saturated heterocycles. The highest BCUT2D eigenvalue weighted by atomic mass is 16.6. The van der Waals surface area contributed by atoms with Crippen molar-refractivity contribution in [3.05, 3.63) is 45.8 Å². The van der Waals surface area contributed by atoms with Gasteiger partial charge in [0.05, 0.1) is 19.3 Å². The molecule has 206 valence electrons. The molecule has 0 radical (unpaired) electrons. The maximum Gasteiger partial charge on any atom is 0.330 e. The number of anilines is 4. The van der Waals surface area contributed by atoms with E-state index in [1.807, 2.05) is 4.98 Å². The third kappa shape index (κ3) is 5.72. The number of fused-ring (bicyclic) bond motifs is 2. The van der Waals surface area contributed by atoms with Gasteiger partial charge in [0.2, 0.25) is 11.9 Å². The number of H-pyrrole nitrogens is 3. The van der Waals surface area contributed by atoms with Crippen molar-refractivity contribution < 1.29 is 20.1 Å². The molecule has 0 spiro atoms. The Balaban J connectivity index is 0.000000141. The molecule has 20 heteroatoms. The molecule has 6 heterocycles.